The molecule has 0 bridgehead atoms. The minimum atomic E-state index is -0.790. The second-order valence-electron chi connectivity index (χ2n) is 5.22. The molecule has 19 heavy (non-hydrogen) atoms. The summed E-state index contributed by atoms with van der Waals surface area (Å²) in [5.41, 5.74) is 5.23. The van der Waals surface area contributed by atoms with E-state index in [0.29, 0.717) is 45.4 Å². The fourth-order valence-electron chi connectivity index (χ4n) is 2.68. The summed E-state index contributed by atoms with van der Waals surface area (Å²) >= 11 is 0. The van der Waals surface area contributed by atoms with Crippen molar-refractivity contribution in [3.63, 3.8) is 0 Å². The van der Waals surface area contributed by atoms with Crippen LogP contribution in [0.3, 0.4) is 0 Å². The van der Waals surface area contributed by atoms with Crippen LogP contribution in [0.4, 0.5) is 4.79 Å². The van der Waals surface area contributed by atoms with Gasteiger partial charge in [0.25, 0.3) is 0 Å². The monoisotopic (exact) mass is 269 g/mol. The number of carbonyl (C=O) groups is 3. The molecule has 2 saturated heterocycles. The number of nitrogens with two attached hydrogens (primary N) is 1. The van der Waals surface area contributed by atoms with Gasteiger partial charge in [-0.2, -0.15) is 0 Å². The van der Waals surface area contributed by atoms with Crippen molar-refractivity contribution in [1.82, 2.24) is 9.80 Å². The lowest BCUT2D eigenvalue weighted by molar-refractivity contribution is -0.143. The van der Waals surface area contributed by atoms with E-state index in [2.05, 4.69) is 0 Å². The first kappa shape index (κ1) is 13.6. The minimum absolute atomic E-state index is 0.104. The summed E-state index contributed by atoms with van der Waals surface area (Å²) in [6, 6.07) is -0.104. The van der Waals surface area contributed by atoms with Crippen molar-refractivity contribution >= 4 is 17.9 Å². The SMILES string of the molecule is NC(=O)C1CCN(C(=O)N2CCC(C(=O)O)CC2)C1. The molecule has 1 unspecified atom stereocenters. The molecule has 2 rings (SSSR count). The van der Waals surface area contributed by atoms with Crippen LogP contribution in [0.25, 0.3) is 0 Å². The van der Waals surface area contributed by atoms with Crippen molar-refractivity contribution < 1.29 is 19.5 Å². The quantitative estimate of drug-likeness (QED) is 0.718. The van der Waals surface area contributed by atoms with E-state index in [1.54, 1.807) is 9.80 Å². The number of piperidine rings is 1. The first-order chi connectivity index (χ1) is 8.99. The van der Waals surface area contributed by atoms with Gasteiger partial charge < -0.3 is 20.6 Å². The largest absolute Gasteiger partial charge is 0.481 e. The summed E-state index contributed by atoms with van der Waals surface area (Å²) in [5, 5.41) is 8.91. The number of carboxylic acids is 1. The van der Waals surface area contributed by atoms with Crippen molar-refractivity contribution in [2.75, 3.05) is 26.2 Å². The molecule has 3 N–H and O–H groups in total. The van der Waals surface area contributed by atoms with E-state index in [9.17, 15) is 14.4 Å². The molecule has 7 heteroatoms. The summed E-state index contributed by atoms with van der Waals surface area (Å²) in [4.78, 5) is 37.4. The van der Waals surface area contributed by atoms with Crippen molar-refractivity contribution in [3.8, 4) is 0 Å². The van der Waals surface area contributed by atoms with E-state index < -0.39 is 5.97 Å². The zero-order chi connectivity index (χ0) is 14.0. The maximum Gasteiger partial charge on any atom is 0.320 e. The number of likely N-dealkylation sites (tertiary alicyclic amines) is 2. The first-order valence-electron chi connectivity index (χ1n) is 6.55. The molecule has 2 aliphatic heterocycles. The molecular formula is C12H19N3O4. The standard InChI is InChI=1S/C12H19N3O4/c13-10(16)9-3-6-15(7-9)12(19)14-4-1-8(2-5-14)11(17)18/h8-9H,1-7H2,(H2,13,16)(H,17,18). The topological polar surface area (TPSA) is 104 Å². The van der Waals surface area contributed by atoms with Gasteiger partial charge in [0.1, 0.15) is 0 Å². The molecule has 0 aliphatic carbocycles. The number of primary amides is 1. The Hall–Kier alpha value is -1.79. The molecule has 3 amide bonds. The molecule has 2 aliphatic rings. The van der Waals surface area contributed by atoms with Crippen LogP contribution in [0.2, 0.25) is 0 Å². The van der Waals surface area contributed by atoms with Crippen LogP contribution in [0.1, 0.15) is 19.3 Å². The average Bonchev–Trinajstić information content (AvgIpc) is 2.87. The summed E-state index contributed by atoms with van der Waals surface area (Å²) in [6.07, 6.45) is 1.61. The van der Waals surface area contributed by atoms with Crippen LogP contribution in [0, 0.1) is 11.8 Å². The number of hydrogen-bond donors (Lipinski definition) is 2. The number of carboxylic acid groups (broad SMARTS) is 1. The smallest absolute Gasteiger partial charge is 0.320 e. The first-order valence-corrected chi connectivity index (χ1v) is 6.55. The Morgan fingerprint density at radius 1 is 0.947 bits per heavy atom. The van der Waals surface area contributed by atoms with Crippen LogP contribution >= 0.6 is 0 Å². The molecule has 0 spiro atoms. The van der Waals surface area contributed by atoms with E-state index in [1.807, 2.05) is 0 Å². The molecular weight excluding hydrogens is 250 g/mol. The third kappa shape index (κ3) is 2.97. The van der Waals surface area contributed by atoms with Crippen LogP contribution < -0.4 is 5.73 Å². The molecule has 2 heterocycles. The van der Waals surface area contributed by atoms with E-state index in [-0.39, 0.29) is 23.8 Å². The average molecular weight is 269 g/mol. The lowest BCUT2D eigenvalue weighted by Gasteiger charge is -2.33. The lowest BCUT2D eigenvalue weighted by atomic mass is 9.97. The normalized spacial score (nSPS) is 24.5. The lowest BCUT2D eigenvalue weighted by Crippen LogP contribution is -2.47. The zero-order valence-electron chi connectivity index (χ0n) is 10.7. The molecule has 0 aromatic carbocycles. The van der Waals surface area contributed by atoms with Gasteiger partial charge in [0, 0.05) is 26.2 Å². The highest BCUT2D eigenvalue weighted by Crippen LogP contribution is 2.22. The van der Waals surface area contributed by atoms with Crippen LogP contribution in [0.5, 0.6) is 0 Å². The second-order valence-corrected chi connectivity index (χ2v) is 5.22. The van der Waals surface area contributed by atoms with Gasteiger partial charge >= 0.3 is 12.0 Å². The summed E-state index contributed by atoms with van der Waals surface area (Å²) < 4.78 is 0. The molecule has 0 aromatic heterocycles. The zero-order valence-corrected chi connectivity index (χ0v) is 10.7. The van der Waals surface area contributed by atoms with E-state index in [1.165, 1.54) is 0 Å². The number of hydrogen-bond acceptors (Lipinski definition) is 3. The predicted octanol–water partition coefficient (Wildman–Crippen LogP) is -0.290. The highest BCUT2D eigenvalue weighted by atomic mass is 16.4. The number of aliphatic carboxylic acids is 1. The van der Waals surface area contributed by atoms with Gasteiger partial charge in [-0.1, -0.05) is 0 Å². The highest BCUT2D eigenvalue weighted by molar-refractivity contribution is 5.80. The minimum Gasteiger partial charge on any atom is -0.481 e. The van der Waals surface area contributed by atoms with Gasteiger partial charge in [0.15, 0.2) is 0 Å². The fourth-order valence-corrected chi connectivity index (χ4v) is 2.68. The van der Waals surface area contributed by atoms with Crippen molar-refractivity contribution in [1.29, 1.82) is 0 Å². The highest BCUT2D eigenvalue weighted by Gasteiger charge is 2.34. The van der Waals surface area contributed by atoms with Gasteiger partial charge in [-0.3, -0.25) is 9.59 Å². The maximum absolute atomic E-state index is 12.2. The maximum atomic E-state index is 12.2. The number of nitrogens with zero attached hydrogens (tertiary/aromatic N) is 2. The van der Waals surface area contributed by atoms with Crippen LogP contribution in [0.15, 0.2) is 0 Å². The van der Waals surface area contributed by atoms with Crippen molar-refractivity contribution in [2.45, 2.75) is 19.3 Å². The Morgan fingerprint density at radius 3 is 1.95 bits per heavy atom. The van der Waals surface area contributed by atoms with Crippen LogP contribution in [-0.4, -0.2) is 59.0 Å². The van der Waals surface area contributed by atoms with Crippen molar-refractivity contribution in [2.24, 2.45) is 17.6 Å². The Labute approximate surface area is 111 Å². The third-order valence-electron chi connectivity index (χ3n) is 3.98. The number of carbonyl (C=O) groups excluding carboxylic acids is 2. The third-order valence-corrected chi connectivity index (χ3v) is 3.98. The number of amides is 3. The van der Waals surface area contributed by atoms with Crippen molar-refractivity contribution in [3.05, 3.63) is 0 Å². The van der Waals surface area contributed by atoms with Gasteiger partial charge in [-0.15, -0.1) is 0 Å². The van der Waals surface area contributed by atoms with Gasteiger partial charge in [0.2, 0.25) is 5.91 Å². The van der Waals surface area contributed by atoms with Crippen LogP contribution in [-0.2, 0) is 9.59 Å². The molecule has 0 radical (unpaired) electrons. The van der Waals surface area contributed by atoms with E-state index >= 15 is 0 Å². The van der Waals surface area contributed by atoms with Gasteiger partial charge in [-0.25, -0.2) is 4.79 Å². The van der Waals surface area contributed by atoms with E-state index in [0.717, 1.165) is 0 Å². The molecule has 7 nitrogen and oxygen atoms in total. The molecule has 0 aromatic rings. The molecule has 2 fully saturated rings. The fraction of sp³-hybridized carbons (Fsp3) is 0.750. The predicted molar refractivity (Wildman–Crippen MR) is 66.2 cm³/mol. The summed E-state index contributed by atoms with van der Waals surface area (Å²) in [7, 11) is 0. The Morgan fingerprint density at radius 2 is 1.47 bits per heavy atom. The van der Waals surface area contributed by atoms with Gasteiger partial charge in [0.05, 0.1) is 11.8 Å². The molecule has 0 saturated carbocycles. The molecule has 106 valence electrons. The Balaban J connectivity index is 1.85. The summed E-state index contributed by atoms with van der Waals surface area (Å²) in [6.45, 7) is 1.86. The number of urea groups is 1. The second kappa shape index (κ2) is 5.46. The molecule has 1 atom stereocenters. The Bertz CT molecular complexity index is 390. The number of rotatable bonds is 2. The van der Waals surface area contributed by atoms with E-state index in [4.69, 9.17) is 10.8 Å². The Kier molecular flexibility index (Phi) is 3.92. The summed E-state index contributed by atoms with van der Waals surface area (Å²) in [5.74, 6) is -1.75. The van der Waals surface area contributed by atoms with Gasteiger partial charge in [-0.05, 0) is 19.3 Å².